The van der Waals surface area contributed by atoms with Gasteiger partial charge in [0.2, 0.25) is 5.91 Å². The molecule has 3 N–H and O–H groups in total. The summed E-state index contributed by atoms with van der Waals surface area (Å²) in [7, 11) is 3.86. The average molecular weight is 281 g/mol. The van der Waals surface area contributed by atoms with E-state index in [1.165, 1.54) is 0 Å². The minimum Gasteiger partial charge on any atom is -0.363 e. The summed E-state index contributed by atoms with van der Waals surface area (Å²) in [6.45, 7) is 0.486. The molecule has 0 aliphatic heterocycles. The van der Waals surface area contributed by atoms with Gasteiger partial charge in [-0.3, -0.25) is 4.79 Å². The number of rotatable bonds is 4. The maximum absolute atomic E-state index is 10.9. The van der Waals surface area contributed by atoms with Gasteiger partial charge in [-0.1, -0.05) is 6.07 Å². The third-order valence-corrected chi connectivity index (χ3v) is 1.94. The summed E-state index contributed by atoms with van der Waals surface area (Å²) < 4.78 is 0. The van der Waals surface area contributed by atoms with Crippen LogP contribution in [0.2, 0.25) is 0 Å². The fourth-order valence-electron chi connectivity index (χ4n) is 1.06. The third kappa shape index (κ3) is 6.31. The van der Waals surface area contributed by atoms with E-state index in [1.807, 2.05) is 31.1 Å². The fourth-order valence-corrected chi connectivity index (χ4v) is 1.06. The van der Waals surface area contributed by atoms with Gasteiger partial charge in [0, 0.05) is 26.8 Å². The predicted octanol–water partition coefficient (Wildman–Crippen LogP) is 0.566. The first kappa shape index (κ1) is 18.3. The van der Waals surface area contributed by atoms with Crippen LogP contribution >= 0.6 is 24.8 Å². The molecule has 0 aromatic carbocycles. The van der Waals surface area contributed by atoms with E-state index in [0.717, 1.165) is 11.4 Å². The highest BCUT2D eigenvalue weighted by atomic mass is 35.5. The molecule has 0 unspecified atom stereocenters. The van der Waals surface area contributed by atoms with Crippen molar-refractivity contribution in [2.75, 3.05) is 25.5 Å². The Morgan fingerprint density at radius 3 is 2.47 bits per heavy atom. The lowest BCUT2D eigenvalue weighted by molar-refractivity contribution is -0.119. The van der Waals surface area contributed by atoms with Crippen molar-refractivity contribution in [1.82, 2.24) is 10.3 Å². The molecule has 1 amide bonds. The number of hydrogen-bond acceptors (Lipinski definition) is 4. The van der Waals surface area contributed by atoms with Crippen LogP contribution in [0.1, 0.15) is 5.56 Å². The van der Waals surface area contributed by atoms with Crippen LogP contribution in [-0.2, 0) is 11.3 Å². The molecule has 98 valence electrons. The number of nitrogens with two attached hydrogens (primary N) is 1. The van der Waals surface area contributed by atoms with Crippen LogP contribution < -0.4 is 16.0 Å². The second kappa shape index (κ2) is 9.04. The Balaban J connectivity index is 0. The van der Waals surface area contributed by atoms with Crippen molar-refractivity contribution in [3.05, 3.63) is 23.9 Å². The topological polar surface area (TPSA) is 71.2 Å². The van der Waals surface area contributed by atoms with Gasteiger partial charge in [0.15, 0.2) is 0 Å². The van der Waals surface area contributed by atoms with Crippen molar-refractivity contribution in [3.8, 4) is 0 Å². The minimum atomic E-state index is -0.160. The minimum absolute atomic E-state index is 0. The smallest absolute Gasteiger partial charge is 0.234 e. The summed E-state index contributed by atoms with van der Waals surface area (Å²) in [6, 6.07) is 3.84. The lowest BCUT2D eigenvalue weighted by atomic mass is 10.3. The Morgan fingerprint density at radius 2 is 2.06 bits per heavy atom. The molecule has 1 rings (SSSR count). The predicted molar refractivity (Wildman–Crippen MR) is 74.0 cm³/mol. The molecule has 0 atom stereocenters. The van der Waals surface area contributed by atoms with E-state index in [0.29, 0.717) is 6.54 Å². The first-order valence-corrected chi connectivity index (χ1v) is 4.72. The molecule has 0 saturated carbocycles. The van der Waals surface area contributed by atoms with Gasteiger partial charge < -0.3 is 16.0 Å². The molecule has 1 aromatic rings. The number of anilines is 1. The number of carbonyl (C=O) groups is 1. The maximum Gasteiger partial charge on any atom is 0.234 e. The summed E-state index contributed by atoms with van der Waals surface area (Å²) in [5.41, 5.74) is 6.13. The summed E-state index contributed by atoms with van der Waals surface area (Å²) in [5.74, 6) is 0.732. The number of hydrogen-bond donors (Lipinski definition) is 2. The van der Waals surface area contributed by atoms with E-state index in [1.54, 1.807) is 6.20 Å². The van der Waals surface area contributed by atoms with Crippen LogP contribution in [0.3, 0.4) is 0 Å². The SMILES string of the molecule is CN(C)c1ccc(CNC(=O)CN)cn1.Cl.Cl. The number of pyridine rings is 1. The van der Waals surface area contributed by atoms with Crippen molar-refractivity contribution >= 4 is 36.5 Å². The third-order valence-electron chi connectivity index (χ3n) is 1.94. The van der Waals surface area contributed by atoms with Crippen LogP contribution in [0.4, 0.5) is 5.82 Å². The number of nitrogens with one attached hydrogen (secondary N) is 1. The van der Waals surface area contributed by atoms with Crippen LogP contribution in [-0.4, -0.2) is 31.5 Å². The van der Waals surface area contributed by atoms with Gasteiger partial charge in [-0.05, 0) is 11.6 Å². The normalized spacial score (nSPS) is 8.65. The molecular formula is C10H18Cl2N4O. The van der Waals surface area contributed by atoms with Gasteiger partial charge >= 0.3 is 0 Å². The van der Waals surface area contributed by atoms with Crippen molar-refractivity contribution in [3.63, 3.8) is 0 Å². The Kier molecular flexibility index (Phi) is 9.74. The van der Waals surface area contributed by atoms with E-state index in [4.69, 9.17) is 5.73 Å². The number of carbonyl (C=O) groups excluding carboxylic acids is 1. The zero-order valence-electron chi connectivity index (χ0n) is 9.84. The van der Waals surface area contributed by atoms with Crippen LogP contribution in [0.15, 0.2) is 18.3 Å². The summed E-state index contributed by atoms with van der Waals surface area (Å²) in [5, 5.41) is 2.68. The standard InChI is InChI=1S/C10H16N4O.2ClH/c1-14(2)9-4-3-8(6-12-9)7-13-10(15)5-11;;/h3-4,6H,5,7,11H2,1-2H3,(H,13,15);2*1H. The summed E-state index contributed by atoms with van der Waals surface area (Å²) in [6.07, 6.45) is 1.74. The van der Waals surface area contributed by atoms with Gasteiger partial charge in [0.05, 0.1) is 6.54 Å². The Morgan fingerprint density at radius 1 is 1.41 bits per heavy atom. The number of amides is 1. The number of halogens is 2. The number of nitrogens with zero attached hydrogens (tertiary/aromatic N) is 2. The molecule has 17 heavy (non-hydrogen) atoms. The molecule has 0 radical (unpaired) electrons. The van der Waals surface area contributed by atoms with Crippen molar-refractivity contribution in [2.24, 2.45) is 5.73 Å². The fraction of sp³-hybridized carbons (Fsp3) is 0.400. The highest BCUT2D eigenvalue weighted by Crippen LogP contribution is 2.07. The molecule has 0 spiro atoms. The number of aromatic nitrogens is 1. The second-order valence-corrected chi connectivity index (χ2v) is 3.40. The monoisotopic (exact) mass is 280 g/mol. The van der Waals surface area contributed by atoms with Crippen LogP contribution in [0, 0.1) is 0 Å². The molecule has 1 aromatic heterocycles. The highest BCUT2D eigenvalue weighted by molar-refractivity contribution is 5.85. The van der Waals surface area contributed by atoms with Gasteiger partial charge in [0.1, 0.15) is 5.82 Å². The van der Waals surface area contributed by atoms with Gasteiger partial charge in [-0.25, -0.2) is 4.98 Å². The van der Waals surface area contributed by atoms with Gasteiger partial charge in [0.25, 0.3) is 0 Å². The quantitative estimate of drug-likeness (QED) is 0.846. The van der Waals surface area contributed by atoms with E-state index in [2.05, 4.69) is 10.3 Å². The van der Waals surface area contributed by atoms with Crippen LogP contribution in [0.25, 0.3) is 0 Å². The average Bonchev–Trinajstić information content (AvgIpc) is 2.26. The summed E-state index contributed by atoms with van der Waals surface area (Å²) >= 11 is 0. The largest absolute Gasteiger partial charge is 0.363 e. The highest BCUT2D eigenvalue weighted by Gasteiger charge is 1.99. The second-order valence-electron chi connectivity index (χ2n) is 3.40. The van der Waals surface area contributed by atoms with E-state index in [9.17, 15) is 4.79 Å². The zero-order valence-corrected chi connectivity index (χ0v) is 11.5. The van der Waals surface area contributed by atoms with Crippen molar-refractivity contribution in [1.29, 1.82) is 0 Å². The first-order valence-electron chi connectivity index (χ1n) is 4.72. The molecule has 0 fully saturated rings. The molecule has 0 bridgehead atoms. The Hall–Kier alpha value is -1.04. The van der Waals surface area contributed by atoms with Gasteiger partial charge in [-0.15, -0.1) is 24.8 Å². The maximum atomic E-state index is 10.9. The Bertz CT molecular complexity index is 330. The van der Waals surface area contributed by atoms with E-state index in [-0.39, 0.29) is 37.3 Å². The van der Waals surface area contributed by atoms with Crippen molar-refractivity contribution in [2.45, 2.75) is 6.54 Å². The first-order chi connectivity index (χ1) is 7.13. The lowest BCUT2D eigenvalue weighted by Gasteiger charge is -2.11. The van der Waals surface area contributed by atoms with Gasteiger partial charge in [-0.2, -0.15) is 0 Å². The molecule has 0 aliphatic carbocycles. The zero-order chi connectivity index (χ0) is 11.3. The summed E-state index contributed by atoms with van der Waals surface area (Å²) in [4.78, 5) is 17.0. The molecule has 0 saturated heterocycles. The molecule has 5 nitrogen and oxygen atoms in total. The molecule has 7 heteroatoms. The Labute approximate surface area is 114 Å². The van der Waals surface area contributed by atoms with Crippen molar-refractivity contribution < 1.29 is 4.79 Å². The molecule has 1 heterocycles. The van der Waals surface area contributed by atoms with E-state index < -0.39 is 0 Å². The lowest BCUT2D eigenvalue weighted by Crippen LogP contribution is -2.29. The van der Waals surface area contributed by atoms with E-state index >= 15 is 0 Å². The molecule has 0 aliphatic rings. The molecular weight excluding hydrogens is 263 g/mol. The van der Waals surface area contributed by atoms with Crippen LogP contribution in [0.5, 0.6) is 0 Å².